The first-order valence-corrected chi connectivity index (χ1v) is 4.86. The van der Waals surface area contributed by atoms with Crippen molar-refractivity contribution >= 4 is 5.91 Å². The lowest BCUT2D eigenvalue weighted by atomic mass is 10.3. The fourth-order valence-corrected chi connectivity index (χ4v) is 1.18. The summed E-state index contributed by atoms with van der Waals surface area (Å²) < 4.78 is 4.89. The molecule has 1 saturated carbocycles. The molecule has 76 valence electrons. The van der Waals surface area contributed by atoms with Gasteiger partial charge in [0, 0.05) is 18.2 Å². The molecule has 0 spiro atoms. The third kappa shape index (κ3) is 2.88. The van der Waals surface area contributed by atoms with Gasteiger partial charge in [-0.2, -0.15) is 0 Å². The predicted octanol–water partition coefficient (Wildman–Crippen LogP) is 0.648. The second kappa shape index (κ2) is 4.28. The maximum Gasteiger partial charge on any atom is 0.234 e. The fourth-order valence-electron chi connectivity index (χ4n) is 1.18. The van der Waals surface area contributed by atoms with E-state index in [9.17, 15) is 4.79 Å². The topological polar surface area (TPSA) is 54.3 Å². The van der Waals surface area contributed by atoms with E-state index in [1.165, 1.54) is 12.8 Å². The summed E-state index contributed by atoms with van der Waals surface area (Å²) in [6.45, 7) is 0.962. The Morgan fingerprint density at radius 3 is 3.07 bits per heavy atom. The molecule has 0 aliphatic heterocycles. The second-order valence-corrected chi connectivity index (χ2v) is 3.56. The monoisotopic (exact) mass is 194 g/mol. The summed E-state index contributed by atoms with van der Waals surface area (Å²) in [5, 5.41) is 5.96. The zero-order valence-electron chi connectivity index (χ0n) is 7.95. The molecule has 0 unspecified atom stereocenters. The summed E-state index contributed by atoms with van der Waals surface area (Å²) in [7, 11) is 0. The van der Waals surface area contributed by atoms with Gasteiger partial charge in [-0.25, -0.2) is 0 Å². The molecular weight excluding hydrogens is 180 g/mol. The van der Waals surface area contributed by atoms with Gasteiger partial charge in [0.2, 0.25) is 5.91 Å². The summed E-state index contributed by atoms with van der Waals surface area (Å²) in [5.74, 6) is 0.0399. The van der Waals surface area contributed by atoms with E-state index in [0.717, 1.165) is 5.56 Å². The lowest BCUT2D eigenvalue weighted by Crippen LogP contribution is -2.34. The molecule has 0 atom stereocenters. The maximum atomic E-state index is 11.3. The van der Waals surface area contributed by atoms with Crippen LogP contribution in [0.5, 0.6) is 0 Å². The molecule has 2 N–H and O–H groups in total. The van der Waals surface area contributed by atoms with Crippen LogP contribution in [0.15, 0.2) is 23.0 Å². The van der Waals surface area contributed by atoms with Crippen LogP contribution < -0.4 is 10.6 Å². The second-order valence-electron chi connectivity index (χ2n) is 3.56. The van der Waals surface area contributed by atoms with E-state index in [4.69, 9.17) is 4.42 Å². The predicted molar refractivity (Wildman–Crippen MR) is 51.6 cm³/mol. The largest absolute Gasteiger partial charge is 0.472 e. The lowest BCUT2D eigenvalue weighted by molar-refractivity contribution is -0.120. The first-order chi connectivity index (χ1) is 6.84. The molecule has 4 nitrogen and oxygen atoms in total. The minimum atomic E-state index is 0.0399. The van der Waals surface area contributed by atoms with Gasteiger partial charge in [-0.05, 0) is 18.9 Å². The molecule has 0 bridgehead atoms. The van der Waals surface area contributed by atoms with Crippen molar-refractivity contribution in [2.75, 3.05) is 6.54 Å². The Kier molecular flexibility index (Phi) is 2.84. The smallest absolute Gasteiger partial charge is 0.234 e. The first kappa shape index (κ1) is 9.27. The van der Waals surface area contributed by atoms with Gasteiger partial charge in [0.15, 0.2) is 0 Å². The summed E-state index contributed by atoms with van der Waals surface area (Å²) >= 11 is 0. The van der Waals surface area contributed by atoms with Crippen LogP contribution in [-0.4, -0.2) is 18.5 Å². The molecule has 14 heavy (non-hydrogen) atoms. The molecule has 1 fully saturated rings. The Hall–Kier alpha value is -1.29. The molecule has 1 aromatic heterocycles. The highest BCUT2D eigenvalue weighted by atomic mass is 16.3. The number of carbonyl (C=O) groups excluding carboxylic acids is 1. The van der Waals surface area contributed by atoms with Crippen LogP contribution >= 0.6 is 0 Å². The number of hydrogen-bond donors (Lipinski definition) is 2. The van der Waals surface area contributed by atoms with Crippen molar-refractivity contribution < 1.29 is 9.21 Å². The van der Waals surface area contributed by atoms with E-state index in [1.807, 2.05) is 6.07 Å². The Balaban J connectivity index is 1.62. The zero-order valence-corrected chi connectivity index (χ0v) is 7.95. The average Bonchev–Trinajstić information content (AvgIpc) is 2.87. The number of hydrogen-bond acceptors (Lipinski definition) is 3. The summed E-state index contributed by atoms with van der Waals surface area (Å²) in [6.07, 6.45) is 5.64. The van der Waals surface area contributed by atoms with E-state index in [0.29, 0.717) is 19.1 Å². The Morgan fingerprint density at radius 1 is 1.57 bits per heavy atom. The van der Waals surface area contributed by atoms with Crippen molar-refractivity contribution in [3.8, 4) is 0 Å². The Labute approximate surface area is 82.7 Å². The molecule has 1 aromatic rings. The van der Waals surface area contributed by atoms with Crippen molar-refractivity contribution in [1.82, 2.24) is 10.6 Å². The molecule has 0 saturated heterocycles. The first-order valence-electron chi connectivity index (χ1n) is 4.86. The summed E-state index contributed by atoms with van der Waals surface area (Å²) in [6, 6.07) is 2.42. The fraction of sp³-hybridized carbons (Fsp3) is 0.500. The Morgan fingerprint density at radius 2 is 2.43 bits per heavy atom. The van der Waals surface area contributed by atoms with Crippen LogP contribution in [0.1, 0.15) is 18.4 Å². The SMILES string of the molecule is O=C(CNC1CC1)NCc1ccoc1. The average molecular weight is 194 g/mol. The van der Waals surface area contributed by atoms with E-state index in [1.54, 1.807) is 12.5 Å². The van der Waals surface area contributed by atoms with Crippen LogP contribution in [0.3, 0.4) is 0 Å². The quantitative estimate of drug-likeness (QED) is 0.723. The van der Waals surface area contributed by atoms with E-state index >= 15 is 0 Å². The minimum absolute atomic E-state index is 0.0399. The number of rotatable bonds is 5. The Bertz CT molecular complexity index is 291. The van der Waals surface area contributed by atoms with E-state index in [2.05, 4.69) is 10.6 Å². The minimum Gasteiger partial charge on any atom is -0.472 e. The third-order valence-electron chi connectivity index (χ3n) is 2.20. The van der Waals surface area contributed by atoms with Crippen molar-refractivity contribution in [3.05, 3.63) is 24.2 Å². The van der Waals surface area contributed by atoms with E-state index in [-0.39, 0.29) is 5.91 Å². The van der Waals surface area contributed by atoms with Crippen molar-refractivity contribution in [3.63, 3.8) is 0 Å². The highest BCUT2D eigenvalue weighted by Crippen LogP contribution is 2.17. The van der Waals surface area contributed by atoms with E-state index < -0.39 is 0 Å². The lowest BCUT2D eigenvalue weighted by Gasteiger charge is -2.03. The molecule has 1 aliphatic rings. The maximum absolute atomic E-state index is 11.3. The van der Waals surface area contributed by atoms with Crippen molar-refractivity contribution in [2.24, 2.45) is 0 Å². The van der Waals surface area contributed by atoms with Gasteiger partial charge in [0.05, 0.1) is 19.1 Å². The molecule has 0 aromatic carbocycles. The van der Waals surface area contributed by atoms with Gasteiger partial charge >= 0.3 is 0 Å². The van der Waals surface area contributed by atoms with Gasteiger partial charge in [-0.15, -0.1) is 0 Å². The number of carbonyl (C=O) groups is 1. The van der Waals surface area contributed by atoms with Crippen LogP contribution in [0, 0.1) is 0 Å². The molecule has 0 radical (unpaired) electrons. The van der Waals surface area contributed by atoms with Crippen LogP contribution in [0.4, 0.5) is 0 Å². The number of furan rings is 1. The summed E-state index contributed by atoms with van der Waals surface area (Å²) in [5.41, 5.74) is 0.991. The highest BCUT2D eigenvalue weighted by Gasteiger charge is 2.20. The highest BCUT2D eigenvalue weighted by molar-refractivity contribution is 5.78. The zero-order chi connectivity index (χ0) is 9.80. The van der Waals surface area contributed by atoms with Gasteiger partial charge in [-0.3, -0.25) is 4.79 Å². The van der Waals surface area contributed by atoms with Crippen LogP contribution in [-0.2, 0) is 11.3 Å². The van der Waals surface area contributed by atoms with Crippen molar-refractivity contribution in [1.29, 1.82) is 0 Å². The summed E-state index contributed by atoms with van der Waals surface area (Å²) in [4.78, 5) is 11.3. The molecular formula is C10H14N2O2. The normalized spacial score (nSPS) is 15.4. The molecule has 1 aliphatic carbocycles. The molecule has 2 rings (SSSR count). The van der Waals surface area contributed by atoms with Crippen LogP contribution in [0.25, 0.3) is 0 Å². The van der Waals surface area contributed by atoms with Gasteiger partial charge in [0.25, 0.3) is 0 Å². The number of nitrogens with one attached hydrogen (secondary N) is 2. The van der Waals surface area contributed by atoms with Gasteiger partial charge in [0.1, 0.15) is 0 Å². The van der Waals surface area contributed by atoms with Gasteiger partial charge in [-0.1, -0.05) is 0 Å². The molecule has 4 heteroatoms. The van der Waals surface area contributed by atoms with Crippen molar-refractivity contribution in [2.45, 2.75) is 25.4 Å². The van der Waals surface area contributed by atoms with Crippen LogP contribution in [0.2, 0.25) is 0 Å². The number of amides is 1. The molecule has 1 heterocycles. The third-order valence-corrected chi connectivity index (χ3v) is 2.20. The molecule has 1 amide bonds. The standard InChI is InChI=1S/C10H14N2O2/c13-10(6-11-9-1-2-9)12-5-8-3-4-14-7-8/h3-4,7,9,11H,1-2,5-6H2,(H,12,13). The van der Waals surface area contributed by atoms with Gasteiger partial charge < -0.3 is 15.1 Å².